The predicted octanol–water partition coefficient (Wildman–Crippen LogP) is 4.39. The van der Waals surface area contributed by atoms with Crippen LogP contribution in [0.1, 0.15) is 48.4 Å². The highest BCUT2D eigenvalue weighted by Crippen LogP contribution is 2.26. The number of nitrogens with one attached hydrogen (secondary N) is 2. The van der Waals surface area contributed by atoms with Crippen molar-refractivity contribution in [3.05, 3.63) is 37.4 Å². The molecule has 1 unspecified atom stereocenters. The largest absolute Gasteiger partial charge is 0.386 e. The molecule has 0 aliphatic carbocycles. The van der Waals surface area contributed by atoms with Crippen LogP contribution in [0.15, 0.2) is 22.5 Å². The van der Waals surface area contributed by atoms with Crippen LogP contribution in [0, 0.1) is 0 Å². The van der Waals surface area contributed by atoms with Crippen molar-refractivity contribution in [3.8, 4) is 0 Å². The van der Waals surface area contributed by atoms with E-state index in [9.17, 15) is 5.11 Å². The van der Waals surface area contributed by atoms with Crippen molar-refractivity contribution in [1.29, 1.82) is 0 Å². The minimum Gasteiger partial charge on any atom is -0.386 e. The molecule has 0 aromatic carbocycles. The normalized spacial score (nSPS) is 12.8. The van der Waals surface area contributed by atoms with Crippen molar-refractivity contribution in [2.24, 2.45) is 4.99 Å². The molecule has 2 rings (SSSR count). The van der Waals surface area contributed by atoms with Gasteiger partial charge in [-0.3, -0.25) is 0 Å². The average molecular weight is 515 g/mol. The van der Waals surface area contributed by atoms with Crippen LogP contribution in [-0.4, -0.2) is 29.1 Å². The number of hydrogen-bond donors (Lipinski definition) is 3. The number of aliphatic hydroxyl groups excluding tert-OH is 1. The molecule has 0 bridgehead atoms. The van der Waals surface area contributed by atoms with Crippen LogP contribution in [0.25, 0.3) is 0 Å². The van der Waals surface area contributed by atoms with Crippen molar-refractivity contribution < 1.29 is 5.11 Å². The lowest BCUT2D eigenvalue weighted by Gasteiger charge is -2.14. The zero-order chi connectivity index (χ0) is 17.5. The summed E-state index contributed by atoms with van der Waals surface area (Å²) in [5.41, 5.74) is 1.10. The Hall–Kier alpha value is -0.420. The van der Waals surface area contributed by atoms with Crippen molar-refractivity contribution in [2.45, 2.75) is 39.3 Å². The minimum atomic E-state index is -0.612. The number of nitrogens with zero attached hydrogens (tertiary/aromatic N) is 2. The van der Waals surface area contributed by atoms with Gasteiger partial charge in [-0.2, -0.15) is 0 Å². The van der Waals surface area contributed by atoms with E-state index in [1.54, 1.807) is 17.4 Å². The van der Waals surface area contributed by atoms with Gasteiger partial charge < -0.3 is 15.7 Å². The SMILES string of the molecule is CCNC(=NCc1nc(C(C)C)cs1)NCC(O)c1ccc(Cl)s1.I. The maximum Gasteiger partial charge on any atom is 0.191 e. The van der Waals surface area contributed by atoms with Crippen LogP contribution in [0.3, 0.4) is 0 Å². The first-order valence-corrected chi connectivity index (χ1v) is 9.96. The van der Waals surface area contributed by atoms with Gasteiger partial charge in [-0.05, 0) is 25.0 Å². The number of aromatic nitrogens is 1. The van der Waals surface area contributed by atoms with Gasteiger partial charge in [-0.1, -0.05) is 25.4 Å². The van der Waals surface area contributed by atoms with Crippen molar-refractivity contribution in [3.63, 3.8) is 0 Å². The fourth-order valence-corrected chi connectivity index (χ4v) is 3.88. The van der Waals surface area contributed by atoms with Crippen LogP contribution < -0.4 is 10.6 Å². The highest BCUT2D eigenvalue weighted by Gasteiger charge is 2.11. The molecule has 25 heavy (non-hydrogen) atoms. The van der Waals surface area contributed by atoms with Crippen LogP contribution >= 0.6 is 58.3 Å². The highest BCUT2D eigenvalue weighted by molar-refractivity contribution is 14.0. The summed E-state index contributed by atoms with van der Waals surface area (Å²) < 4.78 is 0.675. The summed E-state index contributed by atoms with van der Waals surface area (Å²) in [4.78, 5) is 9.95. The summed E-state index contributed by atoms with van der Waals surface area (Å²) in [6.45, 7) is 7.91. The Balaban J connectivity index is 0.00000312. The number of halogens is 2. The van der Waals surface area contributed by atoms with E-state index in [1.165, 1.54) is 11.3 Å². The second-order valence-corrected chi connectivity index (χ2v) is 8.24. The summed E-state index contributed by atoms with van der Waals surface area (Å²) in [7, 11) is 0. The van der Waals surface area contributed by atoms with E-state index in [0.717, 1.165) is 22.1 Å². The number of thiophene rings is 1. The lowest BCUT2D eigenvalue weighted by molar-refractivity contribution is 0.184. The second-order valence-electron chi connectivity index (χ2n) is 5.55. The van der Waals surface area contributed by atoms with Gasteiger partial charge in [-0.25, -0.2) is 9.98 Å². The smallest absolute Gasteiger partial charge is 0.191 e. The Morgan fingerprint density at radius 2 is 2.12 bits per heavy atom. The summed E-state index contributed by atoms with van der Waals surface area (Å²) in [5.74, 6) is 1.10. The molecule has 0 fully saturated rings. The third-order valence-corrected chi connectivity index (χ3v) is 5.45. The number of aliphatic imine (C=N–C) groups is 1. The molecule has 5 nitrogen and oxygen atoms in total. The molecule has 0 aliphatic rings. The van der Waals surface area contributed by atoms with Crippen LogP contribution in [0.5, 0.6) is 0 Å². The van der Waals surface area contributed by atoms with E-state index in [1.807, 2.05) is 13.0 Å². The molecule has 9 heteroatoms. The minimum absolute atomic E-state index is 0. The molecule has 0 amide bonds. The second kappa shape index (κ2) is 11.3. The van der Waals surface area contributed by atoms with Gasteiger partial charge in [0.2, 0.25) is 0 Å². The molecular formula is C16H24ClIN4OS2. The molecule has 3 N–H and O–H groups in total. The first-order valence-electron chi connectivity index (χ1n) is 7.89. The lowest BCUT2D eigenvalue weighted by atomic mass is 10.2. The first-order chi connectivity index (χ1) is 11.5. The first kappa shape index (κ1) is 22.6. The Morgan fingerprint density at radius 1 is 1.36 bits per heavy atom. The quantitative estimate of drug-likeness (QED) is 0.291. The van der Waals surface area contributed by atoms with E-state index >= 15 is 0 Å². The van der Waals surface area contributed by atoms with Gasteiger partial charge in [0.25, 0.3) is 0 Å². The van der Waals surface area contributed by atoms with E-state index in [0.29, 0.717) is 29.3 Å². The third-order valence-electron chi connectivity index (χ3n) is 3.26. The summed E-state index contributed by atoms with van der Waals surface area (Å²) in [6.07, 6.45) is -0.612. The Morgan fingerprint density at radius 3 is 2.68 bits per heavy atom. The van der Waals surface area contributed by atoms with Gasteiger partial charge in [0, 0.05) is 23.3 Å². The molecule has 0 saturated heterocycles. The standard InChI is InChI=1S/C16H23ClN4OS2.HI/c1-4-18-16(19-7-12(22)13-5-6-14(17)24-13)20-8-15-21-11(9-23-15)10(2)3;/h5-6,9-10,12,22H,4,7-8H2,1-3H3,(H2,18,19,20);1H. The van der Waals surface area contributed by atoms with Gasteiger partial charge in [0.05, 0.1) is 16.6 Å². The monoisotopic (exact) mass is 514 g/mol. The Bertz CT molecular complexity index is 675. The van der Waals surface area contributed by atoms with E-state index in [-0.39, 0.29) is 24.0 Å². The van der Waals surface area contributed by atoms with Crippen LogP contribution in [0.2, 0.25) is 4.34 Å². The molecule has 0 saturated carbocycles. The summed E-state index contributed by atoms with van der Waals surface area (Å²) in [6, 6.07) is 3.63. The van der Waals surface area contributed by atoms with Crippen LogP contribution in [-0.2, 0) is 6.54 Å². The number of thiazole rings is 1. The molecule has 2 heterocycles. The molecule has 0 aliphatic heterocycles. The number of hydrogen-bond acceptors (Lipinski definition) is 5. The number of aliphatic hydroxyl groups is 1. The predicted molar refractivity (Wildman–Crippen MR) is 119 cm³/mol. The third kappa shape index (κ3) is 7.38. The maximum absolute atomic E-state index is 10.2. The van der Waals surface area contributed by atoms with E-state index in [4.69, 9.17) is 11.6 Å². The molecule has 0 spiro atoms. The van der Waals surface area contributed by atoms with Crippen molar-refractivity contribution >= 4 is 64.2 Å². The number of rotatable bonds is 7. The zero-order valence-electron chi connectivity index (χ0n) is 14.5. The average Bonchev–Trinajstić information content (AvgIpc) is 3.18. The molecular weight excluding hydrogens is 491 g/mol. The van der Waals surface area contributed by atoms with Gasteiger partial charge in [0.15, 0.2) is 5.96 Å². The topological polar surface area (TPSA) is 69.5 Å². The van der Waals surface area contributed by atoms with Gasteiger partial charge >= 0.3 is 0 Å². The molecule has 2 aromatic rings. The van der Waals surface area contributed by atoms with Gasteiger partial charge in [-0.15, -0.1) is 46.7 Å². The van der Waals surface area contributed by atoms with Crippen molar-refractivity contribution in [1.82, 2.24) is 15.6 Å². The Kier molecular flexibility index (Phi) is 10.2. The molecule has 1 atom stereocenters. The molecule has 140 valence electrons. The molecule has 2 aromatic heterocycles. The van der Waals surface area contributed by atoms with Gasteiger partial charge in [0.1, 0.15) is 11.1 Å². The summed E-state index contributed by atoms with van der Waals surface area (Å²) >= 11 is 8.91. The van der Waals surface area contributed by atoms with E-state index < -0.39 is 6.10 Å². The maximum atomic E-state index is 10.2. The lowest BCUT2D eigenvalue weighted by Crippen LogP contribution is -2.39. The van der Waals surface area contributed by atoms with Crippen molar-refractivity contribution in [2.75, 3.05) is 13.1 Å². The Labute approximate surface area is 179 Å². The fourth-order valence-electron chi connectivity index (χ4n) is 1.95. The van der Waals surface area contributed by atoms with Crippen LogP contribution in [0.4, 0.5) is 0 Å². The molecule has 0 radical (unpaired) electrons. The highest BCUT2D eigenvalue weighted by atomic mass is 127. The van der Waals surface area contributed by atoms with E-state index in [2.05, 4.69) is 39.8 Å². The fraction of sp³-hybridized carbons (Fsp3) is 0.500. The summed E-state index contributed by atoms with van der Waals surface area (Å²) in [5, 5.41) is 19.6. The zero-order valence-corrected chi connectivity index (χ0v) is 19.2. The number of guanidine groups is 1.